The first-order chi connectivity index (χ1) is 14.1. The number of halogens is 8. The molecular formula is C18H29F8N3O2. The molecule has 2 saturated carbocycles. The van der Waals surface area contributed by atoms with Gasteiger partial charge in [-0.15, -0.1) is 0 Å². The third-order valence-corrected chi connectivity index (χ3v) is 5.89. The number of hydrogen-bond acceptors (Lipinski definition) is 5. The first kappa shape index (κ1) is 26.5. The Hall–Kier alpha value is -0.760. The Morgan fingerprint density at radius 1 is 0.613 bits per heavy atom. The highest BCUT2D eigenvalue weighted by atomic mass is 19.4. The topological polar surface area (TPSA) is 96.5 Å². The van der Waals surface area contributed by atoms with Crippen LogP contribution in [0, 0.1) is 0 Å². The Bertz CT molecular complexity index is 588. The molecule has 0 spiro atoms. The summed E-state index contributed by atoms with van der Waals surface area (Å²) in [6.07, 6.45) is -0.394. The van der Waals surface area contributed by atoms with Crippen LogP contribution in [0.4, 0.5) is 35.1 Å². The molecule has 2 rings (SSSR count). The van der Waals surface area contributed by atoms with Crippen molar-refractivity contribution >= 4 is 0 Å². The molecule has 0 aliphatic heterocycles. The van der Waals surface area contributed by atoms with Gasteiger partial charge in [0.15, 0.2) is 0 Å². The molecule has 184 valence electrons. The minimum absolute atomic E-state index is 0.0510. The molecule has 3 atom stereocenters. The van der Waals surface area contributed by atoms with E-state index in [0.29, 0.717) is 19.3 Å². The van der Waals surface area contributed by atoms with Crippen LogP contribution in [0.2, 0.25) is 0 Å². The molecule has 0 aromatic rings. The van der Waals surface area contributed by atoms with E-state index in [1.54, 1.807) is 0 Å². The molecule has 0 aromatic heterocycles. The largest absolute Gasteiger partial charge is 0.380 e. The van der Waals surface area contributed by atoms with Gasteiger partial charge in [0, 0.05) is 18.1 Å². The molecular weight excluding hydrogens is 442 g/mol. The maximum atomic E-state index is 14.0. The maximum Gasteiger partial charge on any atom is 0.380 e. The van der Waals surface area contributed by atoms with Gasteiger partial charge in [0.1, 0.15) is 13.2 Å². The van der Waals surface area contributed by atoms with Crippen molar-refractivity contribution in [3.05, 3.63) is 0 Å². The zero-order valence-electron chi connectivity index (χ0n) is 16.8. The Morgan fingerprint density at radius 2 is 1.06 bits per heavy atom. The van der Waals surface area contributed by atoms with Gasteiger partial charge in [0.2, 0.25) is 0 Å². The van der Waals surface area contributed by atoms with Crippen LogP contribution in [-0.4, -0.2) is 67.2 Å². The van der Waals surface area contributed by atoms with Crippen molar-refractivity contribution in [1.29, 1.82) is 0 Å². The monoisotopic (exact) mass is 471 g/mol. The molecule has 0 heterocycles. The number of nitrogens with two attached hydrogens (primary N) is 3. The summed E-state index contributed by atoms with van der Waals surface area (Å²) in [5.41, 5.74) is 16.9. The molecule has 2 aliphatic rings. The minimum Gasteiger partial charge on any atom is -0.372 e. The fourth-order valence-electron chi connectivity index (χ4n) is 3.75. The fraction of sp³-hybridized carbons (Fsp3) is 1.00. The lowest BCUT2D eigenvalue weighted by Crippen LogP contribution is -2.65. The van der Waals surface area contributed by atoms with E-state index in [2.05, 4.69) is 9.47 Å². The molecule has 0 radical (unpaired) electrons. The van der Waals surface area contributed by atoms with E-state index in [-0.39, 0.29) is 37.8 Å². The van der Waals surface area contributed by atoms with Crippen molar-refractivity contribution in [3.63, 3.8) is 0 Å². The molecule has 6 N–H and O–H groups in total. The van der Waals surface area contributed by atoms with Crippen molar-refractivity contribution in [2.75, 3.05) is 13.2 Å². The first-order valence-corrected chi connectivity index (χ1v) is 10.1. The molecule has 3 unspecified atom stereocenters. The standard InChI is InChI=1S/C18H29F8N3O2/c19-15(20,8-30-12-4-1-10(27)2-5-12)17(23,24)18(25,26)16(21,22)9-31-14-6-3-11(28)7-13(14)29/h10-14H,1-9,27-29H2. The van der Waals surface area contributed by atoms with Crippen LogP contribution in [-0.2, 0) is 9.47 Å². The third-order valence-electron chi connectivity index (χ3n) is 5.89. The SMILES string of the molecule is NC1CCC(OCC(F)(F)C(F)(F)C(F)(F)C(F)(F)COC2CCC(N)CC2N)CC1. The summed E-state index contributed by atoms with van der Waals surface area (Å²) in [5, 5.41) is 0. The van der Waals surface area contributed by atoms with Crippen molar-refractivity contribution in [1.82, 2.24) is 0 Å². The molecule has 2 fully saturated rings. The van der Waals surface area contributed by atoms with Crippen molar-refractivity contribution in [2.24, 2.45) is 17.2 Å². The lowest BCUT2D eigenvalue weighted by molar-refractivity contribution is -0.379. The Balaban J connectivity index is 2.01. The lowest BCUT2D eigenvalue weighted by Gasteiger charge is -2.38. The van der Waals surface area contributed by atoms with Crippen LogP contribution in [0.5, 0.6) is 0 Å². The number of rotatable bonds is 9. The summed E-state index contributed by atoms with van der Waals surface area (Å²) in [5.74, 6) is -23.9. The second-order valence-corrected chi connectivity index (χ2v) is 8.49. The van der Waals surface area contributed by atoms with Crippen LogP contribution in [0.3, 0.4) is 0 Å². The van der Waals surface area contributed by atoms with Crippen molar-refractivity contribution in [3.8, 4) is 0 Å². The van der Waals surface area contributed by atoms with Gasteiger partial charge in [-0.1, -0.05) is 0 Å². The normalized spacial score (nSPS) is 31.6. The van der Waals surface area contributed by atoms with Crippen LogP contribution in [0.25, 0.3) is 0 Å². The Kier molecular flexibility index (Phi) is 8.22. The van der Waals surface area contributed by atoms with Crippen molar-refractivity contribution in [2.45, 2.75) is 99.0 Å². The summed E-state index contributed by atoms with van der Waals surface area (Å²) in [4.78, 5) is 0. The average molecular weight is 471 g/mol. The molecule has 0 aromatic carbocycles. The van der Waals surface area contributed by atoms with E-state index in [1.165, 1.54) is 0 Å². The zero-order valence-corrected chi connectivity index (χ0v) is 16.8. The number of hydrogen-bond donors (Lipinski definition) is 3. The first-order valence-electron chi connectivity index (χ1n) is 10.1. The average Bonchev–Trinajstić information content (AvgIpc) is 2.66. The minimum atomic E-state index is -6.41. The summed E-state index contributed by atoms with van der Waals surface area (Å²) in [6, 6.07) is -1.40. The lowest BCUT2D eigenvalue weighted by atomic mass is 9.89. The molecule has 0 amide bonds. The molecule has 0 saturated heterocycles. The van der Waals surface area contributed by atoms with Crippen LogP contribution >= 0.6 is 0 Å². The number of ether oxygens (including phenoxy) is 2. The molecule has 5 nitrogen and oxygen atoms in total. The summed E-state index contributed by atoms with van der Waals surface area (Å²) in [6.45, 7) is -4.32. The van der Waals surface area contributed by atoms with Gasteiger partial charge >= 0.3 is 23.7 Å². The zero-order chi connectivity index (χ0) is 23.7. The number of alkyl halides is 8. The van der Waals surface area contributed by atoms with E-state index in [0.717, 1.165) is 0 Å². The molecule has 31 heavy (non-hydrogen) atoms. The predicted octanol–water partition coefficient (Wildman–Crippen LogP) is 3.04. The molecule has 2 aliphatic carbocycles. The highest BCUT2D eigenvalue weighted by Gasteiger charge is 2.80. The van der Waals surface area contributed by atoms with Gasteiger partial charge in [-0.25, -0.2) is 0 Å². The van der Waals surface area contributed by atoms with Crippen molar-refractivity contribution < 1.29 is 44.6 Å². The van der Waals surface area contributed by atoms with Crippen LogP contribution in [0.15, 0.2) is 0 Å². The van der Waals surface area contributed by atoms with E-state index in [4.69, 9.17) is 17.2 Å². The second-order valence-electron chi connectivity index (χ2n) is 8.49. The Morgan fingerprint density at radius 3 is 1.55 bits per heavy atom. The summed E-state index contributed by atoms with van der Waals surface area (Å²) < 4.78 is 121. The highest BCUT2D eigenvalue weighted by molar-refractivity contribution is 5.04. The van der Waals surface area contributed by atoms with Gasteiger partial charge in [-0.2, -0.15) is 35.1 Å². The second kappa shape index (κ2) is 9.62. The van der Waals surface area contributed by atoms with E-state index < -0.39 is 55.2 Å². The smallest absolute Gasteiger partial charge is 0.372 e. The van der Waals surface area contributed by atoms with Gasteiger partial charge in [-0.05, 0) is 44.9 Å². The predicted molar refractivity (Wildman–Crippen MR) is 95.5 cm³/mol. The summed E-state index contributed by atoms with van der Waals surface area (Å²) >= 11 is 0. The fourth-order valence-corrected chi connectivity index (χ4v) is 3.75. The maximum absolute atomic E-state index is 14.0. The highest BCUT2D eigenvalue weighted by Crippen LogP contribution is 2.53. The molecule has 0 bridgehead atoms. The Labute approximate surface area is 175 Å². The van der Waals surface area contributed by atoms with Gasteiger partial charge in [0.25, 0.3) is 0 Å². The van der Waals surface area contributed by atoms with E-state index in [1.807, 2.05) is 0 Å². The van der Waals surface area contributed by atoms with Gasteiger partial charge in [0.05, 0.1) is 12.2 Å². The van der Waals surface area contributed by atoms with Crippen LogP contribution < -0.4 is 17.2 Å². The molecule has 13 heteroatoms. The van der Waals surface area contributed by atoms with E-state index >= 15 is 0 Å². The third kappa shape index (κ3) is 5.79. The van der Waals surface area contributed by atoms with Gasteiger partial charge in [-0.3, -0.25) is 0 Å². The van der Waals surface area contributed by atoms with Gasteiger partial charge < -0.3 is 26.7 Å². The quantitative estimate of drug-likeness (QED) is 0.450. The van der Waals surface area contributed by atoms with E-state index in [9.17, 15) is 35.1 Å². The van der Waals surface area contributed by atoms with Crippen LogP contribution in [0.1, 0.15) is 44.9 Å². The summed E-state index contributed by atoms with van der Waals surface area (Å²) in [7, 11) is 0.